The first-order chi connectivity index (χ1) is 18.8. The molecular weight excluding hydrogens is 537 g/mol. The number of hydrogen-bond acceptors (Lipinski definition) is 4. The number of rotatable bonds is 5. The molecule has 38 heavy (non-hydrogen) atoms. The van der Waals surface area contributed by atoms with Crippen LogP contribution in [-0.4, -0.2) is 0 Å². The fourth-order valence-corrected chi connectivity index (χ4v) is 10.5. The molecular formula is C34H22S4. The van der Waals surface area contributed by atoms with E-state index in [9.17, 15) is 0 Å². The van der Waals surface area contributed by atoms with Crippen molar-refractivity contribution in [2.45, 2.75) is 12.3 Å². The SMILES string of the molecule is c1ccc2sc(Cc3sc4ccccc4c3C(c3cc4ccccc4s3)c3cc4ccccc4s3)cc2c1. The molecule has 0 fully saturated rings. The van der Waals surface area contributed by atoms with E-state index >= 15 is 0 Å². The third kappa shape index (κ3) is 3.83. The highest BCUT2D eigenvalue weighted by Gasteiger charge is 2.28. The summed E-state index contributed by atoms with van der Waals surface area (Å²) in [6, 6.07) is 42.7. The van der Waals surface area contributed by atoms with Gasteiger partial charge in [-0.2, -0.15) is 0 Å². The van der Waals surface area contributed by atoms with Crippen LogP contribution in [0.2, 0.25) is 0 Å². The zero-order chi connectivity index (χ0) is 25.1. The lowest BCUT2D eigenvalue weighted by molar-refractivity contribution is 1.03. The van der Waals surface area contributed by atoms with Gasteiger partial charge in [-0.05, 0) is 69.6 Å². The van der Waals surface area contributed by atoms with Crippen LogP contribution >= 0.6 is 45.3 Å². The maximum atomic E-state index is 2.44. The topological polar surface area (TPSA) is 0 Å². The summed E-state index contributed by atoms with van der Waals surface area (Å²) >= 11 is 7.81. The van der Waals surface area contributed by atoms with E-state index in [1.807, 2.05) is 45.3 Å². The lowest BCUT2D eigenvalue weighted by Gasteiger charge is -2.16. The van der Waals surface area contributed by atoms with E-state index in [1.54, 1.807) is 0 Å². The standard InChI is InChI=1S/C34H22S4/c1-5-13-26-21(9-1)17-24(35-26)20-32-33(25-12-4-8-16-29(25)38-32)34(30-18-22-10-2-6-14-27(22)36-30)31-19-23-11-3-7-15-28(23)37-31/h1-19,34H,20H2. The van der Waals surface area contributed by atoms with Gasteiger partial charge in [-0.3, -0.25) is 0 Å². The summed E-state index contributed by atoms with van der Waals surface area (Å²) in [5.74, 6) is 0.213. The lowest BCUT2D eigenvalue weighted by atomic mass is 9.91. The largest absolute Gasteiger partial charge is 0.140 e. The summed E-state index contributed by atoms with van der Waals surface area (Å²) in [5.41, 5.74) is 1.49. The molecule has 182 valence electrons. The van der Waals surface area contributed by atoms with Crippen molar-refractivity contribution in [2.75, 3.05) is 0 Å². The molecule has 8 aromatic rings. The number of hydrogen-bond donors (Lipinski definition) is 0. The molecule has 0 nitrogen and oxygen atoms in total. The van der Waals surface area contributed by atoms with Crippen molar-refractivity contribution in [1.82, 2.24) is 0 Å². The molecule has 0 N–H and O–H groups in total. The molecule has 0 atom stereocenters. The molecule has 0 aliphatic heterocycles. The van der Waals surface area contributed by atoms with Crippen molar-refractivity contribution < 1.29 is 0 Å². The van der Waals surface area contributed by atoms with E-state index in [2.05, 4.69) is 115 Å². The van der Waals surface area contributed by atoms with Gasteiger partial charge >= 0.3 is 0 Å². The Morgan fingerprint density at radius 1 is 0.474 bits per heavy atom. The second-order valence-corrected chi connectivity index (χ2v) is 14.2. The molecule has 0 aliphatic rings. The second kappa shape index (κ2) is 9.18. The average Bonchev–Trinajstić information content (AvgIpc) is 3.72. The van der Waals surface area contributed by atoms with E-state index < -0.39 is 0 Å². The fourth-order valence-electron chi connectivity index (χ4n) is 5.56. The molecule has 0 radical (unpaired) electrons. The quantitative estimate of drug-likeness (QED) is 0.197. The molecule has 4 heteroatoms. The van der Waals surface area contributed by atoms with E-state index in [4.69, 9.17) is 0 Å². The van der Waals surface area contributed by atoms with Gasteiger partial charge in [-0.15, -0.1) is 45.3 Å². The molecule has 4 aromatic heterocycles. The maximum Gasteiger partial charge on any atom is 0.0545 e. The zero-order valence-electron chi connectivity index (χ0n) is 20.4. The highest BCUT2D eigenvalue weighted by atomic mass is 32.1. The van der Waals surface area contributed by atoms with Gasteiger partial charge in [0.2, 0.25) is 0 Å². The van der Waals surface area contributed by atoms with Crippen LogP contribution in [0.15, 0.2) is 115 Å². The van der Waals surface area contributed by atoms with Gasteiger partial charge in [0.25, 0.3) is 0 Å². The van der Waals surface area contributed by atoms with Gasteiger partial charge in [-0.1, -0.05) is 72.8 Å². The van der Waals surface area contributed by atoms with Gasteiger partial charge in [0.05, 0.1) is 5.92 Å². The Morgan fingerprint density at radius 3 is 1.55 bits per heavy atom. The van der Waals surface area contributed by atoms with Crippen LogP contribution in [-0.2, 0) is 6.42 Å². The summed E-state index contributed by atoms with van der Waals surface area (Å²) in [5, 5.41) is 5.42. The average molecular weight is 559 g/mol. The number of benzene rings is 4. The van der Waals surface area contributed by atoms with Crippen molar-refractivity contribution in [2.24, 2.45) is 0 Å². The van der Waals surface area contributed by atoms with Crippen LogP contribution in [0.25, 0.3) is 40.3 Å². The van der Waals surface area contributed by atoms with Crippen molar-refractivity contribution in [3.8, 4) is 0 Å². The van der Waals surface area contributed by atoms with Crippen LogP contribution in [0, 0.1) is 0 Å². The number of fused-ring (bicyclic) bond motifs is 4. The van der Waals surface area contributed by atoms with E-state index in [0.717, 1.165) is 6.42 Å². The maximum absolute atomic E-state index is 2.44. The third-order valence-electron chi connectivity index (χ3n) is 7.27. The first-order valence-electron chi connectivity index (χ1n) is 12.7. The van der Waals surface area contributed by atoms with Gasteiger partial charge < -0.3 is 0 Å². The van der Waals surface area contributed by atoms with Crippen molar-refractivity contribution in [3.05, 3.63) is 140 Å². The summed E-state index contributed by atoms with van der Waals surface area (Å²) in [6.07, 6.45) is 0.973. The number of thiophene rings is 4. The highest BCUT2D eigenvalue weighted by Crippen LogP contribution is 2.49. The minimum absolute atomic E-state index is 0.213. The third-order valence-corrected chi connectivity index (χ3v) is 11.9. The molecule has 0 unspecified atom stereocenters. The first kappa shape index (κ1) is 22.7. The Hall–Kier alpha value is -3.28. The van der Waals surface area contributed by atoms with Gasteiger partial charge in [0.15, 0.2) is 0 Å². The normalized spacial score (nSPS) is 12.0. The van der Waals surface area contributed by atoms with Crippen LogP contribution in [0.4, 0.5) is 0 Å². The Morgan fingerprint density at radius 2 is 0.974 bits per heavy atom. The summed E-state index contributed by atoms with van der Waals surface area (Å²) < 4.78 is 5.47. The molecule has 0 saturated carbocycles. The fraction of sp³-hybridized carbons (Fsp3) is 0.0588. The molecule has 4 heterocycles. The first-order valence-corrected chi connectivity index (χ1v) is 16.0. The second-order valence-electron chi connectivity index (χ2n) is 9.67. The Labute approximate surface area is 237 Å². The monoisotopic (exact) mass is 558 g/mol. The molecule has 0 saturated heterocycles. The van der Waals surface area contributed by atoms with Gasteiger partial charge in [0, 0.05) is 44.7 Å². The van der Waals surface area contributed by atoms with Crippen LogP contribution in [0.5, 0.6) is 0 Å². The minimum Gasteiger partial charge on any atom is -0.140 e. The van der Waals surface area contributed by atoms with E-state index in [-0.39, 0.29) is 5.92 Å². The summed E-state index contributed by atoms with van der Waals surface area (Å²) in [7, 11) is 0. The molecule has 0 amide bonds. The Kier molecular flexibility index (Phi) is 5.48. The molecule has 0 bridgehead atoms. The highest BCUT2D eigenvalue weighted by molar-refractivity contribution is 7.21. The predicted molar refractivity (Wildman–Crippen MR) is 171 cm³/mol. The Bertz CT molecular complexity index is 1910. The van der Waals surface area contributed by atoms with Crippen LogP contribution in [0.3, 0.4) is 0 Å². The minimum atomic E-state index is 0.213. The van der Waals surface area contributed by atoms with Crippen molar-refractivity contribution >= 4 is 85.7 Å². The summed E-state index contributed by atoms with van der Waals surface area (Å²) in [4.78, 5) is 5.78. The van der Waals surface area contributed by atoms with Crippen LogP contribution in [0.1, 0.15) is 31.0 Å². The molecule has 0 aliphatic carbocycles. The summed E-state index contributed by atoms with van der Waals surface area (Å²) in [6.45, 7) is 0. The van der Waals surface area contributed by atoms with Gasteiger partial charge in [0.1, 0.15) is 0 Å². The molecule has 4 aromatic carbocycles. The van der Waals surface area contributed by atoms with Crippen molar-refractivity contribution in [1.29, 1.82) is 0 Å². The van der Waals surface area contributed by atoms with E-state index in [1.165, 1.54) is 65.4 Å². The van der Waals surface area contributed by atoms with Gasteiger partial charge in [-0.25, -0.2) is 0 Å². The molecule has 0 spiro atoms. The van der Waals surface area contributed by atoms with E-state index in [0.29, 0.717) is 0 Å². The zero-order valence-corrected chi connectivity index (χ0v) is 23.7. The predicted octanol–water partition coefficient (Wildman–Crippen LogP) is 11.3. The lowest BCUT2D eigenvalue weighted by Crippen LogP contribution is -2.02. The molecule has 8 rings (SSSR count). The smallest absolute Gasteiger partial charge is 0.0545 e. The Balaban J connectivity index is 1.38. The van der Waals surface area contributed by atoms with Crippen molar-refractivity contribution in [3.63, 3.8) is 0 Å². The van der Waals surface area contributed by atoms with Crippen LogP contribution < -0.4 is 0 Å².